The van der Waals surface area contributed by atoms with Gasteiger partial charge in [0.25, 0.3) is 5.91 Å². The number of likely N-dealkylation sites (tertiary alicyclic amines) is 1. The maximum absolute atomic E-state index is 12.9. The van der Waals surface area contributed by atoms with E-state index in [9.17, 15) is 14.7 Å². The summed E-state index contributed by atoms with van der Waals surface area (Å²) in [6.07, 6.45) is 1.85. The lowest BCUT2D eigenvalue weighted by molar-refractivity contribution is -0.117. The summed E-state index contributed by atoms with van der Waals surface area (Å²) in [4.78, 5) is 27.3. The van der Waals surface area contributed by atoms with Crippen LogP contribution >= 0.6 is 0 Å². The summed E-state index contributed by atoms with van der Waals surface area (Å²) in [5.74, 6) is 0.341. The van der Waals surface area contributed by atoms with E-state index in [2.05, 4.69) is 34.5 Å². The number of carbonyl (C=O) groups is 2. The summed E-state index contributed by atoms with van der Waals surface area (Å²) in [7, 11) is 0. The number of amides is 2. The second-order valence-electron chi connectivity index (χ2n) is 8.93. The van der Waals surface area contributed by atoms with Crippen LogP contribution in [0.4, 0.5) is 5.69 Å². The van der Waals surface area contributed by atoms with E-state index in [1.807, 2.05) is 28.9 Å². The van der Waals surface area contributed by atoms with Crippen LogP contribution in [0.5, 0.6) is 5.75 Å². The highest BCUT2D eigenvalue weighted by Crippen LogP contribution is 2.22. The highest BCUT2D eigenvalue weighted by Gasteiger charge is 2.23. The van der Waals surface area contributed by atoms with Crippen molar-refractivity contribution in [2.75, 3.05) is 31.5 Å². The van der Waals surface area contributed by atoms with Gasteiger partial charge in [0.1, 0.15) is 5.75 Å². The van der Waals surface area contributed by atoms with Crippen molar-refractivity contribution in [1.82, 2.24) is 20.0 Å². The number of hydrogen-bond donors (Lipinski definition) is 3. The second-order valence-corrected chi connectivity index (χ2v) is 8.93. The molecule has 33 heavy (non-hydrogen) atoms. The number of anilines is 1. The Morgan fingerprint density at radius 2 is 1.79 bits per heavy atom. The Morgan fingerprint density at radius 1 is 1.09 bits per heavy atom. The molecule has 1 aliphatic heterocycles. The molecule has 1 fully saturated rings. The number of fused-ring (bicyclic) bond motifs is 1. The van der Waals surface area contributed by atoms with Gasteiger partial charge in [-0.15, -0.1) is 0 Å². The maximum Gasteiger partial charge on any atom is 0.272 e. The molecule has 2 heterocycles. The molecule has 0 saturated carbocycles. The third-order valence-electron chi connectivity index (χ3n) is 6.09. The third-order valence-corrected chi connectivity index (χ3v) is 6.09. The van der Waals surface area contributed by atoms with Crippen LogP contribution in [0, 0.1) is 5.92 Å². The number of nitrogens with one attached hydrogen (secondary N) is 2. The van der Waals surface area contributed by atoms with E-state index in [4.69, 9.17) is 0 Å². The molecule has 0 unspecified atom stereocenters. The Balaban J connectivity index is 1.25. The largest absolute Gasteiger partial charge is 0.508 e. The molecule has 0 atom stereocenters. The average molecular weight is 450 g/mol. The fraction of sp³-hybridized carbons (Fsp3) is 0.400. The zero-order valence-corrected chi connectivity index (χ0v) is 19.1. The van der Waals surface area contributed by atoms with Crippen molar-refractivity contribution in [2.45, 2.75) is 32.7 Å². The van der Waals surface area contributed by atoms with Gasteiger partial charge in [-0.1, -0.05) is 18.2 Å². The summed E-state index contributed by atoms with van der Waals surface area (Å²) in [6.45, 7) is 6.68. The van der Waals surface area contributed by atoms with Gasteiger partial charge in [0.2, 0.25) is 5.91 Å². The molecule has 174 valence electrons. The molecule has 0 spiro atoms. The number of carbonyl (C=O) groups excluding carboxylic acids is 2. The molecule has 8 heteroatoms. The van der Waals surface area contributed by atoms with Gasteiger partial charge in [0.15, 0.2) is 5.69 Å². The molecular weight excluding hydrogens is 418 g/mol. The molecule has 1 aromatic heterocycles. The Hall–Kier alpha value is -3.39. The van der Waals surface area contributed by atoms with Crippen molar-refractivity contribution in [3.8, 4) is 5.75 Å². The van der Waals surface area contributed by atoms with Crippen molar-refractivity contribution in [2.24, 2.45) is 5.92 Å². The van der Waals surface area contributed by atoms with Crippen molar-refractivity contribution < 1.29 is 14.7 Å². The average Bonchev–Trinajstić information content (AvgIpc) is 3.20. The number of rotatable bonds is 7. The Labute approximate surface area is 193 Å². The standard InChI is InChI=1S/C25H31N5O3/c1-17(2)30-22-6-4-3-5-21(22)24(28-30)25(33)26-15-18-11-13-29(14-12-18)16-23(32)27-19-7-9-20(31)10-8-19/h3-10,17-18,31H,11-16H2,1-2H3,(H,26,33)(H,27,32). The second kappa shape index (κ2) is 10.0. The number of aromatic hydroxyl groups is 1. The normalized spacial score (nSPS) is 15.1. The zero-order valence-electron chi connectivity index (χ0n) is 19.1. The highest BCUT2D eigenvalue weighted by atomic mass is 16.3. The molecule has 1 saturated heterocycles. The minimum atomic E-state index is -0.138. The van der Waals surface area contributed by atoms with Crippen molar-refractivity contribution >= 4 is 28.4 Å². The van der Waals surface area contributed by atoms with Gasteiger partial charge in [-0.05, 0) is 76.0 Å². The lowest BCUT2D eigenvalue weighted by atomic mass is 9.96. The van der Waals surface area contributed by atoms with Crippen LogP contribution in [0.1, 0.15) is 43.2 Å². The SMILES string of the molecule is CC(C)n1nc(C(=O)NCC2CCN(CC(=O)Nc3ccc(O)cc3)CC2)c2ccccc21. The molecule has 3 aromatic rings. The molecule has 2 aromatic carbocycles. The van der Waals surface area contributed by atoms with Crippen molar-refractivity contribution in [1.29, 1.82) is 0 Å². The van der Waals surface area contributed by atoms with Gasteiger partial charge in [-0.3, -0.25) is 19.2 Å². The predicted octanol–water partition coefficient (Wildman–Crippen LogP) is 3.40. The first-order chi connectivity index (χ1) is 15.9. The highest BCUT2D eigenvalue weighted by molar-refractivity contribution is 6.04. The van der Waals surface area contributed by atoms with E-state index in [1.54, 1.807) is 24.3 Å². The predicted molar refractivity (Wildman–Crippen MR) is 128 cm³/mol. The number of piperidine rings is 1. The number of phenolic OH excluding ortho intramolecular Hbond substituents is 1. The molecule has 8 nitrogen and oxygen atoms in total. The fourth-order valence-corrected chi connectivity index (χ4v) is 4.27. The molecule has 2 amide bonds. The monoisotopic (exact) mass is 449 g/mol. The first-order valence-electron chi connectivity index (χ1n) is 11.5. The van der Waals surface area contributed by atoms with E-state index in [0.717, 1.165) is 36.8 Å². The van der Waals surface area contributed by atoms with Gasteiger partial charge in [0, 0.05) is 23.7 Å². The van der Waals surface area contributed by atoms with Gasteiger partial charge >= 0.3 is 0 Å². The number of phenols is 1. The zero-order chi connectivity index (χ0) is 23.4. The summed E-state index contributed by atoms with van der Waals surface area (Å²) < 4.78 is 1.89. The van der Waals surface area contributed by atoms with Crippen LogP contribution in [-0.4, -0.2) is 57.8 Å². The summed E-state index contributed by atoms with van der Waals surface area (Å²) in [6, 6.07) is 14.4. The van der Waals surface area contributed by atoms with E-state index < -0.39 is 0 Å². The van der Waals surface area contributed by atoms with Crippen LogP contribution < -0.4 is 10.6 Å². The third kappa shape index (κ3) is 5.51. The van der Waals surface area contributed by atoms with E-state index in [0.29, 0.717) is 30.4 Å². The lowest BCUT2D eigenvalue weighted by Gasteiger charge is -2.31. The number of aromatic nitrogens is 2. The van der Waals surface area contributed by atoms with E-state index >= 15 is 0 Å². The summed E-state index contributed by atoms with van der Waals surface area (Å²) in [5.41, 5.74) is 2.11. The van der Waals surface area contributed by atoms with Crippen molar-refractivity contribution in [3.63, 3.8) is 0 Å². The first kappa shape index (κ1) is 22.8. The quantitative estimate of drug-likeness (QED) is 0.480. The lowest BCUT2D eigenvalue weighted by Crippen LogP contribution is -2.42. The smallest absolute Gasteiger partial charge is 0.272 e. The number of para-hydroxylation sites is 1. The number of benzene rings is 2. The van der Waals surface area contributed by atoms with Crippen LogP contribution in [0.3, 0.4) is 0 Å². The van der Waals surface area contributed by atoms with Crippen LogP contribution in [0.25, 0.3) is 10.9 Å². The van der Waals surface area contributed by atoms with Gasteiger partial charge in [-0.25, -0.2) is 0 Å². The topological polar surface area (TPSA) is 99.5 Å². The Morgan fingerprint density at radius 3 is 2.48 bits per heavy atom. The maximum atomic E-state index is 12.9. The van der Waals surface area contributed by atoms with Crippen LogP contribution in [0.2, 0.25) is 0 Å². The minimum absolute atomic E-state index is 0.0694. The molecule has 3 N–H and O–H groups in total. The molecular formula is C25H31N5O3. The van der Waals surface area contributed by atoms with Crippen molar-refractivity contribution in [3.05, 3.63) is 54.2 Å². The minimum Gasteiger partial charge on any atom is -0.508 e. The fourth-order valence-electron chi connectivity index (χ4n) is 4.27. The van der Waals surface area contributed by atoms with Gasteiger partial charge in [-0.2, -0.15) is 5.10 Å². The summed E-state index contributed by atoms with van der Waals surface area (Å²) in [5, 5.41) is 20.7. The Kier molecular flexibility index (Phi) is 6.93. The number of hydrogen-bond acceptors (Lipinski definition) is 5. The van der Waals surface area contributed by atoms with Crippen LogP contribution in [-0.2, 0) is 4.79 Å². The molecule has 4 rings (SSSR count). The van der Waals surface area contributed by atoms with Gasteiger partial charge < -0.3 is 15.7 Å². The summed E-state index contributed by atoms with van der Waals surface area (Å²) >= 11 is 0. The molecule has 0 aliphatic carbocycles. The molecule has 1 aliphatic rings. The number of nitrogens with zero attached hydrogens (tertiary/aromatic N) is 3. The first-order valence-corrected chi connectivity index (χ1v) is 11.5. The Bertz CT molecular complexity index is 1110. The van der Waals surface area contributed by atoms with Gasteiger partial charge in [0.05, 0.1) is 12.1 Å². The van der Waals surface area contributed by atoms with E-state index in [-0.39, 0.29) is 23.6 Å². The molecule has 0 bridgehead atoms. The molecule has 0 radical (unpaired) electrons. The van der Waals surface area contributed by atoms with E-state index in [1.165, 1.54) is 0 Å². The van der Waals surface area contributed by atoms with Crippen LogP contribution in [0.15, 0.2) is 48.5 Å².